The van der Waals surface area contributed by atoms with Gasteiger partial charge >= 0.3 is 0 Å². The lowest BCUT2D eigenvalue weighted by Crippen LogP contribution is -1.82. The van der Waals surface area contributed by atoms with Crippen molar-refractivity contribution in [3.63, 3.8) is 0 Å². The molecule has 24 heavy (non-hydrogen) atoms. The second-order valence-corrected chi connectivity index (χ2v) is 5.86. The second kappa shape index (κ2) is 6.55. The number of rotatable bonds is 3. The average Bonchev–Trinajstić information content (AvgIpc) is 2.65. The van der Waals surface area contributed by atoms with Gasteiger partial charge < -0.3 is 0 Å². The zero-order chi connectivity index (χ0) is 16.2. The van der Waals surface area contributed by atoms with Crippen LogP contribution in [0, 0.1) is 0 Å². The normalized spacial score (nSPS) is 11.8. The number of hydrogen-bond acceptors (Lipinski definition) is 0. The summed E-state index contributed by atoms with van der Waals surface area (Å²) in [6, 6.07) is 29.8. The van der Waals surface area contributed by atoms with Crippen LogP contribution in [0.2, 0.25) is 0 Å². The van der Waals surface area contributed by atoms with E-state index >= 15 is 0 Å². The molecule has 0 unspecified atom stereocenters. The van der Waals surface area contributed by atoms with Crippen molar-refractivity contribution in [1.29, 1.82) is 0 Å². The SMILES string of the molecule is C(=C/c1c2ccccc2cc2ccccc12)/C=C/c1ccccc1. The van der Waals surface area contributed by atoms with E-state index in [0.717, 1.165) is 0 Å². The summed E-state index contributed by atoms with van der Waals surface area (Å²) in [5.74, 6) is 0. The Hall–Kier alpha value is -3.12. The van der Waals surface area contributed by atoms with Crippen molar-refractivity contribution in [2.75, 3.05) is 0 Å². The van der Waals surface area contributed by atoms with E-state index in [1.54, 1.807) is 0 Å². The first-order valence-corrected chi connectivity index (χ1v) is 8.22. The van der Waals surface area contributed by atoms with Crippen LogP contribution in [0.4, 0.5) is 0 Å². The molecule has 114 valence electrons. The third kappa shape index (κ3) is 2.87. The fraction of sp³-hybridized carbons (Fsp3) is 0. The molecule has 0 heterocycles. The van der Waals surface area contributed by atoms with Gasteiger partial charge in [0.05, 0.1) is 0 Å². The smallest absolute Gasteiger partial charge is 0.00994 e. The predicted octanol–water partition coefficient (Wildman–Crippen LogP) is 6.72. The van der Waals surface area contributed by atoms with Gasteiger partial charge in [-0.05, 0) is 38.7 Å². The summed E-state index contributed by atoms with van der Waals surface area (Å²) in [4.78, 5) is 0. The van der Waals surface area contributed by atoms with Crippen molar-refractivity contribution in [1.82, 2.24) is 0 Å². The Labute approximate surface area is 142 Å². The third-order valence-electron chi connectivity index (χ3n) is 4.28. The van der Waals surface area contributed by atoms with Crippen LogP contribution in [-0.2, 0) is 0 Å². The van der Waals surface area contributed by atoms with Crippen LogP contribution in [0.15, 0.2) is 97.1 Å². The summed E-state index contributed by atoms with van der Waals surface area (Å²) < 4.78 is 0. The first-order chi connectivity index (χ1) is 11.9. The maximum atomic E-state index is 2.27. The van der Waals surface area contributed by atoms with E-state index in [9.17, 15) is 0 Å². The Bertz CT molecular complexity index is 983. The summed E-state index contributed by atoms with van der Waals surface area (Å²) in [5, 5.41) is 5.15. The first kappa shape index (κ1) is 14.5. The lowest BCUT2D eigenvalue weighted by atomic mass is 9.96. The quantitative estimate of drug-likeness (QED) is 0.291. The van der Waals surface area contributed by atoms with Gasteiger partial charge in [0.1, 0.15) is 0 Å². The standard InChI is InChI=1S/C24H18/c1-2-10-19(11-3-1)12-4-7-17-24-22-15-8-5-13-20(22)18-21-14-6-9-16-23(21)24/h1-18H/b12-4+,17-7-. The Morgan fingerprint density at radius 1 is 0.500 bits per heavy atom. The molecule has 0 saturated carbocycles. The Morgan fingerprint density at radius 2 is 1.04 bits per heavy atom. The van der Waals surface area contributed by atoms with Crippen LogP contribution in [0.25, 0.3) is 33.7 Å². The van der Waals surface area contributed by atoms with Crippen LogP contribution in [0.5, 0.6) is 0 Å². The zero-order valence-corrected chi connectivity index (χ0v) is 13.4. The van der Waals surface area contributed by atoms with E-state index in [1.165, 1.54) is 32.7 Å². The number of allylic oxidation sites excluding steroid dienone is 2. The molecular formula is C24H18. The molecule has 0 aromatic heterocycles. The van der Waals surface area contributed by atoms with E-state index in [-0.39, 0.29) is 0 Å². The highest BCUT2D eigenvalue weighted by atomic mass is 14.1. The molecule has 0 fully saturated rings. The molecule has 0 atom stereocenters. The van der Waals surface area contributed by atoms with Crippen molar-refractivity contribution in [3.8, 4) is 0 Å². The van der Waals surface area contributed by atoms with Gasteiger partial charge in [0, 0.05) is 0 Å². The van der Waals surface area contributed by atoms with Gasteiger partial charge in [0.25, 0.3) is 0 Å². The molecule has 4 rings (SSSR count). The molecule has 0 amide bonds. The number of hydrogen-bond donors (Lipinski definition) is 0. The monoisotopic (exact) mass is 306 g/mol. The van der Waals surface area contributed by atoms with Gasteiger partial charge in [0.2, 0.25) is 0 Å². The molecular weight excluding hydrogens is 288 g/mol. The minimum Gasteiger partial charge on any atom is -0.0622 e. The molecule has 0 aliphatic rings. The van der Waals surface area contributed by atoms with Crippen LogP contribution in [0.3, 0.4) is 0 Å². The highest BCUT2D eigenvalue weighted by Gasteiger charge is 2.03. The summed E-state index contributed by atoms with van der Waals surface area (Å²) in [7, 11) is 0. The minimum atomic E-state index is 1.21. The first-order valence-electron chi connectivity index (χ1n) is 8.22. The molecule has 4 aromatic rings. The summed E-state index contributed by atoms with van der Waals surface area (Å²) in [6.45, 7) is 0. The molecule has 0 heteroatoms. The molecule has 0 N–H and O–H groups in total. The van der Waals surface area contributed by atoms with E-state index in [2.05, 4.69) is 103 Å². The minimum absolute atomic E-state index is 1.21. The van der Waals surface area contributed by atoms with Gasteiger partial charge in [-0.2, -0.15) is 0 Å². The van der Waals surface area contributed by atoms with E-state index in [4.69, 9.17) is 0 Å². The topological polar surface area (TPSA) is 0 Å². The highest BCUT2D eigenvalue weighted by Crippen LogP contribution is 2.29. The van der Waals surface area contributed by atoms with Crippen molar-refractivity contribution >= 4 is 33.7 Å². The summed E-state index contributed by atoms with van der Waals surface area (Å²) >= 11 is 0. The molecule has 4 aromatic carbocycles. The van der Waals surface area contributed by atoms with Crippen molar-refractivity contribution < 1.29 is 0 Å². The van der Waals surface area contributed by atoms with Gasteiger partial charge in [-0.3, -0.25) is 0 Å². The fourth-order valence-corrected chi connectivity index (χ4v) is 3.11. The molecule has 0 spiro atoms. The van der Waals surface area contributed by atoms with Crippen molar-refractivity contribution in [2.45, 2.75) is 0 Å². The van der Waals surface area contributed by atoms with Crippen LogP contribution < -0.4 is 0 Å². The zero-order valence-electron chi connectivity index (χ0n) is 13.4. The Balaban J connectivity index is 1.79. The van der Waals surface area contributed by atoms with E-state index in [1.807, 2.05) is 6.07 Å². The van der Waals surface area contributed by atoms with Crippen LogP contribution >= 0.6 is 0 Å². The molecule has 0 radical (unpaired) electrons. The van der Waals surface area contributed by atoms with Crippen LogP contribution in [-0.4, -0.2) is 0 Å². The largest absolute Gasteiger partial charge is 0.0622 e. The maximum absolute atomic E-state index is 2.27. The van der Waals surface area contributed by atoms with Gasteiger partial charge in [-0.25, -0.2) is 0 Å². The van der Waals surface area contributed by atoms with Crippen molar-refractivity contribution in [3.05, 3.63) is 108 Å². The van der Waals surface area contributed by atoms with Crippen LogP contribution in [0.1, 0.15) is 11.1 Å². The van der Waals surface area contributed by atoms with Gasteiger partial charge in [0.15, 0.2) is 0 Å². The Morgan fingerprint density at radius 3 is 1.71 bits per heavy atom. The highest BCUT2D eigenvalue weighted by molar-refractivity contribution is 6.06. The Kier molecular flexibility index (Phi) is 3.95. The summed E-state index contributed by atoms with van der Waals surface area (Å²) in [5.41, 5.74) is 2.49. The average molecular weight is 306 g/mol. The molecule has 0 saturated heterocycles. The molecule has 0 nitrogen and oxygen atoms in total. The summed E-state index contributed by atoms with van der Waals surface area (Å²) in [6.07, 6.45) is 8.57. The second-order valence-electron chi connectivity index (χ2n) is 5.86. The number of benzene rings is 4. The lowest BCUT2D eigenvalue weighted by molar-refractivity contribution is 1.66. The number of fused-ring (bicyclic) bond motifs is 2. The van der Waals surface area contributed by atoms with E-state index < -0.39 is 0 Å². The third-order valence-corrected chi connectivity index (χ3v) is 4.28. The van der Waals surface area contributed by atoms with Crippen molar-refractivity contribution in [2.24, 2.45) is 0 Å². The van der Waals surface area contributed by atoms with Gasteiger partial charge in [-0.1, -0.05) is 103 Å². The predicted molar refractivity (Wildman–Crippen MR) is 106 cm³/mol. The molecule has 0 bridgehead atoms. The lowest BCUT2D eigenvalue weighted by Gasteiger charge is -2.08. The van der Waals surface area contributed by atoms with E-state index in [0.29, 0.717) is 0 Å². The molecule has 0 aliphatic heterocycles. The molecule has 0 aliphatic carbocycles. The van der Waals surface area contributed by atoms with Gasteiger partial charge in [-0.15, -0.1) is 0 Å². The fourth-order valence-electron chi connectivity index (χ4n) is 3.11. The maximum Gasteiger partial charge on any atom is -0.00994 e.